The topological polar surface area (TPSA) is 0 Å². The van der Waals surface area contributed by atoms with Crippen molar-refractivity contribution in [3.63, 3.8) is 0 Å². The molecule has 0 aromatic heterocycles. The van der Waals surface area contributed by atoms with Gasteiger partial charge in [-0.05, 0) is 0 Å². The second-order valence-electron chi connectivity index (χ2n) is 0.994. The number of hydrogen-bond acceptors (Lipinski definition) is 1. The van der Waals surface area contributed by atoms with Crippen molar-refractivity contribution < 1.29 is 54.0 Å². The van der Waals surface area contributed by atoms with Crippen molar-refractivity contribution in [3.05, 3.63) is 0 Å². The molecule has 0 spiro atoms. The van der Waals surface area contributed by atoms with E-state index in [2.05, 4.69) is 0 Å². The molecule has 0 nitrogen and oxygen atoms in total. The van der Waals surface area contributed by atoms with Crippen LogP contribution in [0.4, 0.5) is 26.3 Å². The Morgan fingerprint density at radius 2 is 0.900 bits per heavy atom. The fourth-order valence-electron chi connectivity index (χ4n) is 0.131. The van der Waals surface area contributed by atoms with Crippen LogP contribution in [0.3, 0.4) is 0 Å². The van der Waals surface area contributed by atoms with Gasteiger partial charge in [-0.2, -0.15) is 26.3 Å². The first kappa shape index (κ1) is 13.5. The van der Waals surface area contributed by atoms with Crippen LogP contribution in [0.15, 0.2) is 0 Å². The van der Waals surface area contributed by atoms with Crippen molar-refractivity contribution in [2.24, 2.45) is 0 Å². The van der Waals surface area contributed by atoms with Crippen molar-refractivity contribution in [2.75, 3.05) is 0 Å². The Morgan fingerprint density at radius 1 is 0.700 bits per heavy atom. The molecule has 0 heterocycles. The van der Waals surface area contributed by atoms with Crippen LogP contribution in [0, 0.1) is 0 Å². The summed E-state index contributed by atoms with van der Waals surface area (Å²) in [5, 5.41) is 0. The van der Waals surface area contributed by atoms with Gasteiger partial charge in [-0.25, -0.2) is 0 Å². The van der Waals surface area contributed by atoms with E-state index in [9.17, 15) is 26.3 Å². The molecular weight excluding hydrogens is 371 g/mol. The van der Waals surface area contributed by atoms with Crippen LogP contribution < -0.4 is 0 Å². The van der Waals surface area contributed by atoms with Crippen LogP contribution in [0.2, 0.25) is 0 Å². The normalized spacial score (nSPS) is 12.6. The molecule has 0 radical (unpaired) electrons. The van der Waals surface area contributed by atoms with E-state index >= 15 is 0 Å². The van der Waals surface area contributed by atoms with Gasteiger partial charge in [-0.3, -0.25) is 0 Å². The molecule has 0 N–H and O–H groups in total. The van der Waals surface area contributed by atoms with Gasteiger partial charge in [-0.15, -0.1) is 0 Å². The standard InChI is InChI=1S/C2F6S.Hg/c3-1(4,5)9-2(6,7)8;/q;+2. The van der Waals surface area contributed by atoms with Crippen molar-refractivity contribution in [1.29, 1.82) is 0 Å². The molecule has 0 bridgehead atoms. The largest absolute Gasteiger partial charge is 2.00 e. The summed E-state index contributed by atoms with van der Waals surface area (Å²) in [5.41, 5.74) is -10.4. The summed E-state index contributed by atoms with van der Waals surface area (Å²) in [6, 6.07) is 0. The Hall–Kier alpha value is 0.865. The first-order valence-electron chi connectivity index (χ1n) is 1.54. The van der Waals surface area contributed by atoms with Crippen molar-refractivity contribution in [3.8, 4) is 0 Å². The van der Waals surface area contributed by atoms with E-state index < -0.39 is 22.8 Å². The van der Waals surface area contributed by atoms with Crippen molar-refractivity contribution in [2.45, 2.75) is 11.0 Å². The van der Waals surface area contributed by atoms with Crippen molar-refractivity contribution >= 4 is 11.8 Å². The maximum atomic E-state index is 10.8. The maximum Gasteiger partial charge on any atom is 2.00 e. The van der Waals surface area contributed by atoms with Crippen LogP contribution in [0.5, 0.6) is 0 Å². The summed E-state index contributed by atoms with van der Waals surface area (Å²) in [6.07, 6.45) is 0. The molecule has 0 aliphatic carbocycles. The zero-order valence-corrected chi connectivity index (χ0v) is 10.7. The first-order chi connectivity index (χ1) is 3.71. The SMILES string of the molecule is FC(F)(F)SC(F)(F)F.[Hg+2]. The van der Waals surface area contributed by atoms with E-state index in [1.807, 2.05) is 0 Å². The number of halogens is 6. The van der Waals surface area contributed by atoms with Gasteiger partial charge in [0.1, 0.15) is 0 Å². The minimum Gasteiger partial charge on any atom is -0.160 e. The second kappa shape index (κ2) is 4.03. The third-order valence-corrected chi connectivity index (χ3v) is 0.694. The number of hydrogen-bond donors (Lipinski definition) is 0. The number of alkyl halides is 6. The minimum atomic E-state index is -5.22. The quantitative estimate of drug-likeness (QED) is 0.467. The molecule has 0 saturated carbocycles. The summed E-state index contributed by atoms with van der Waals surface area (Å²) in [4.78, 5) is 0. The molecule has 10 heavy (non-hydrogen) atoms. The average molecular weight is 371 g/mol. The van der Waals surface area contributed by atoms with Gasteiger partial charge in [0.2, 0.25) is 0 Å². The second-order valence-corrected chi connectivity index (χ2v) is 2.12. The molecule has 0 atom stereocenters. The Bertz CT molecular complexity index is 80.9. The van der Waals surface area contributed by atoms with Gasteiger partial charge in [0.15, 0.2) is 0 Å². The minimum absolute atomic E-state index is 0. The van der Waals surface area contributed by atoms with Crippen molar-refractivity contribution in [1.82, 2.24) is 0 Å². The van der Waals surface area contributed by atoms with E-state index in [0.29, 0.717) is 0 Å². The van der Waals surface area contributed by atoms with E-state index in [4.69, 9.17) is 0 Å². The first-order valence-corrected chi connectivity index (χ1v) is 2.36. The van der Waals surface area contributed by atoms with Crippen LogP contribution in [0.1, 0.15) is 0 Å². The fourth-order valence-corrected chi connectivity index (χ4v) is 0.394. The molecule has 0 saturated heterocycles. The summed E-state index contributed by atoms with van der Waals surface area (Å²) in [5.74, 6) is 0. The van der Waals surface area contributed by atoms with Crippen LogP contribution in [0.25, 0.3) is 0 Å². The molecule has 0 rings (SSSR count). The van der Waals surface area contributed by atoms with Gasteiger partial charge >= 0.3 is 38.7 Å². The third-order valence-electron chi connectivity index (χ3n) is 0.231. The number of rotatable bonds is 0. The predicted molar refractivity (Wildman–Crippen MR) is 19.7 cm³/mol. The smallest absolute Gasteiger partial charge is 0.160 e. The average Bonchev–Trinajstić information content (AvgIpc) is 1.14. The van der Waals surface area contributed by atoms with E-state index in [0.717, 1.165) is 0 Å². The molecule has 0 amide bonds. The number of thioether (sulfide) groups is 1. The summed E-state index contributed by atoms with van der Waals surface area (Å²) >= 11 is -1.99. The van der Waals surface area contributed by atoms with Crippen LogP contribution in [-0.2, 0) is 27.7 Å². The molecule has 0 aliphatic heterocycles. The molecule has 0 unspecified atom stereocenters. The Balaban J connectivity index is 0. The molecule has 8 heteroatoms. The van der Waals surface area contributed by atoms with Crippen LogP contribution in [-0.4, -0.2) is 11.0 Å². The Morgan fingerprint density at radius 3 is 0.900 bits per heavy atom. The Kier molecular flexibility index (Phi) is 5.43. The van der Waals surface area contributed by atoms with E-state index in [1.165, 1.54) is 0 Å². The zero-order chi connectivity index (χ0) is 7.71. The summed E-state index contributed by atoms with van der Waals surface area (Å²) < 4.78 is 64.8. The molecule has 0 aromatic carbocycles. The Labute approximate surface area is 76.9 Å². The maximum absolute atomic E-state index is 10.8. The van der Waals surface area contributed by atoms with Gasteiger partial charge in [0.05, 0.1) is 11.8 Å². The molecular formula is C2F6HgS+2. The van der Waals surface area contributed by atoms with E-state index in [1.54, 1.807) is 0 Å². The van der Waals surface area contributed by atoms with Crippen LogP contribution >= 0.6 is 11.8 Å². The van der Waals surface area contributed by atoms with Gasteiger partial charge < -0.3 is 0 Å². The molecule has 0 aliphatic rings. The van der Waals surface area contributed by atoms with Gasteiger partial charge in [0.25, 0.3) is 0 Å². The van der Waals surface area contributed by atoms with E-state index in [-0.39, 0.29) is 27.7 Å². The third kappa shape index (κ3) is 11.6. The van der Waals surface area contributed by atoms with Gasteiger partial charge in [-0.1, -0.05) is 0 Å². The fraction of sp³-hybridized carbons (Fsp3) is 1.00. The zero-order valence-electron chi connectivity index (χ0n) is 4.38. The molecule has 0 fully saturated rings. The summed E-state index contributed by atoms with van der Waals surface area (Å²) in [6.45, 7) is 0. The van der Waals surface area contributed by atoms with Gasteiger partial charge in [0, 0.05) is 0 Å². The predicted octanol–water partition coefficient (Wildman–Crippen LogP) is 2.76. The molecule has 56 valence electrons. The molecule has 0 aromatic rings. The summed E-state index contributed by atoms with van der Waals surface area (Å²) in [7, 11) is 0. The monoisotopic (exact) mass is 372 g/mol.